The van der Waals surface area contributed by atoms with E-state index in [0.717, 1.165) is 18.5 Å². The molecule has 0 saturated heterocycles. The van der Waals surface area contributed by atoms with Gasteiger partial charge in [0.25, 0.3) is 0 Å². The van der Waals surface area contributed by atoms with Crippen LogP contribution in [0.4, 0.5) is 5.69 Å². The highest BCUT2D eigenvalue weighted by Gasteiger charge is 2.25. The topological polar surface area (TPSA) is 92.7 Å². The minimum absolute atomic E-state index is 0.0101. The summed E-state index contributed by atoms with van der Waals surface area (Å²) in [4.78, 5) is 11.0. The summed E-state index contributed by atoms with van der Waals surface area (Å²) in [6.45, 7) is 0.131. The van der Waals surface area contributed by atoms with Gasteiger partial charge in [-0.1, -0.05) is 6.07 Å². The Bertz CT molecular complexity index is 636. The van der Waals surface area contributed by atoms with Crippen LogP contribution in [0.5, 0.6) is 5.75 Å². The fraction of sp³-hybridized carbons (Fsp3) is 0.562. The smallest absolute Gasteiger partial charge is 0.306 e. The van der Waals surface area contributed by atoms with Gasteiger partial charge in [0.05, 0.1) is 11.7 Å². The maximum absolute atomic E-state index is 11.1. The summed E-state index contributed by atoms with van der Waals surface area (Å²) >= 11 is 0. The van der Waals surface area contributed by atoms with Crippen LogP contribution in [-0.2, 0) is 14.6 Å². The van der Waals surface area contributed by atoms with Crippen LogP contribution in [-0.4, -0.2) is 44.2 Å². The maximum atomic E-state index is 11.1. The Morgan fingerprint density at radius 2 is 2.00 bits per heavy atom. The lowest BCUT2D eigenvalue weighted by atomic mass is 9.86. The Labute approximate surface area is 136 Å². The Balaban J connectivity index is 1.84. The zero-order valence-corrected chi connectivity index (χ0v) is 14.0. The minimum atomic E-state index is -3.03. The average Bonchev–Trinajstić information content (AvgIpc) is 2.47. The number of benzene rings is 1. The molecule has 1 fully saturated rings. The molecule has 0 bridgehead atoms. The molecular weight excluding hydrogens is 318 g/mol. The summed E-state index contributed by atoms with van der Waals surface area (Å²) < 4.78 is 27.6. The van der Waals surface area contributed by atoms with E-state index in [1.165, 1.54) is 6.26 Å². The SMILES string of the molecule is CS(=O)(=O)CCOc1cccc(NC2CCC(C(=O)O)CC2)c1. The summed E-state index contributed by atoms with van der Waals surface area (Å²) in [5.41, 5.74) is 0.903. The van der Waals surface area contributed by atoms with Crippen LogP contribution in [0.2, 0.25) is 0 Å². The van der Waals surface area contributed by atoms with Gasteiger partial charge in [-0.3, -0.25) is 4.79 Å². The van der Waals surface area contributed by atoms with Gasteiger partial charge in [-0.15, -0.1) is 0 Å². The van der Waals surface area contributed by atoms with Crippen LogP contribution in [0.1, 0.15) is 25.7 Å². The second-order valence-electron chi connectivity index (χ2n) is 6.04. The molecule has 1 aromatic carbocycles. The summed E-state index contributed by atoms with van der Waals surface area (Å²) in [7, 11) is -3.03. The maximum Gasteiger partial charge on any atom is 0.306 e. The summed E-state index contributed by atoms with van der Waals surface area (Å²) in [5, 5.41) is 12.4. The van der Waals surface area contributed by atoms with Crippen LogP contribution < -0.4 is 10.1 Å². The molecule has 23 heavy (non-hydrogen) atoms. The third-order valence-electron chi connectivity index (χ3n) is 4.00. The number of sulfone groups is 1. The molecule has 1 aliphatic rings. The lowest BCUT2D eigenvalue weighted by Gasteiger charge is -2.27. The highest BCUT2D eigenvalue weighted by Crippen LogP contribution is 2.27. The third kappa shape index (κ3) is 6.09. The van der Waals surface area contributed by atoms with Gasteiger partial charge in [0.15, 0.2) is 9.84 Å². The molecule has 2 rings (SSSR count). The number of carboxylic acids is 1. The highest BCUT2D eigenvalue weighted by atomic mass is 32.2. The molecule has 7 heteroatoms. The molecular formula is C16H23NO5S. The first-order valence-electron chi connectivity index (χ1n) is 7.73. The number of rotatable bonds is 7. The van der Waals surface area contributed by atoms with Crippen molar-refractivity contribution in [2.75, 3.05) is 23.9 Å². The van der Waals surface area contributed by atoms with Crippen molar-refractivity contribution >= 4 is 21.5 Å². The normalized spacial score (nSPS) is 21.6. The van der Waals surface area contributed by atoms with Gasteiger partial charge in [-0.05, 0) is 37.8 Å². The van der Waals surface area contributed by atoms with Gasteiger partial charge in [-0.2, -0.15) is 0 Å². The second-order valence-corrected chi connectivity index (χ2v) is 8.30. The molecule has 1 aromatic rings. The van der Waals surface area contributed by atoms with E-state index >= 15 is 0 Å². The van der Waals surface area contributed by atoms with E-state index < -0.39 is 15.8 Å². The zero-order valence-electron chi connectivity index (χ0n) is 13.2. The first kappa shape index (κ1) is 17.6. The molecule has 6 nitrogen and oxygen atoms in total. The highest BCUT2D eigenvalue weighted by molar-refractivity contribution is 7.90. The van der Waals surface area contributed by atoms with Crippen LogP contribution in [0.25, 0.3) is 0 Å². The van der Waals surface area contributed by atoms with Crippen LogP contribution in [0.15, 0.2) is 24.3 Å². The van der Waals surface area contributed by atoms with Crippen LogP contribution in [0, 0.1) is 5.92 Å². The van der Waals surface area contributed by atoms with Gasteiger partial charge in [0.2, 0.25) is 0 Å². The summed E-state index contributed by atoms with van der Waals surface area (Å²) in [6.07, 6.45) is 4.23. The van der Waals surface area contributed by atoms with Crippen molar-refractivity contribution < 1.29 is 23.1 Å². The Kier molecular flexibility index (Phi) is 5.87. The lowest BCUT2D eigenvalue weighted by molar-refractivity contribution is -0.142. The zero-order chi connectivity index (χ0) is 16.9. The molecule has 0 unspecified atom stereocenters. The molecule has 0 aliphatic heterocycles. The number of carboxylic acid groups (broad SMARTS) is 1. The van der Waals surface area contributed by atoms with E-state index in [4.69, 9.17) is 9.84 Å². The minimum Gasteiger partial charge on any atom is -0.492 e. The number of nitrogens with one attached hydrogen (secondary N) is 1. The Morgan fingerprint density at radius 1 is 1.30 bits per heavy atom. The molecule has 0 radical (unpaired) electrons. The Morgan fingerprint density at radius 3 is 2.61 bits per heavy atom. The molecule has 0 spiro atoms. The number of hydrogen-bond acceptors (Lipinski definition) is 5. The van der Waals surface area contributed by atoms with Gasteiger partial charge in [0.1, 0.15) is 12.4 Å². The lowest BCUT2D eigenvalue weighted by Crippen LogP contribution is -2.29. The van der Waals surface area contributed by atoms with E-state index in [9.17, 15) is 13.2 Å². The molecule has 0 amide bonds. The fourth-order valence-electron chi connectivity index (χ4n) is 2.71. The van der Waals surface area contributed by atoms with E-state index in [1.807, 2.05) is 18.2 Å². The molecule has 2 N–H and O–H groups in total. The molecule has 1 aliphatic carbocycles. The quantitative estimate of drug-likeness (QED) is 0.789. The van der Waals surface area contributed by atoms with Crippen molar-refractivity contribution in [2.45, 2.75) is 31.7 Å². The number of hydrogen-bond donors (Lipinski definition) is 2. The summed E-state index contributed by atoms with van der Waals surface area (Å²) in [5.74, 6) is -0.314. The summed E-state index contributed by atoms with van der Waals surface area (Å²) in [6, 6.07) is 7.66. The fourth-order valence-corrected chi connectivity index (χ4v) is 3.09. The van der Waals surface area contributed by atoms with Gasteiger partial charge in [0, 0.05) is 24.1 Å². The van der Waals surface area contributed by atoms with Crippen molar-refractivity contribution in [3.63, 3.8) is 0 Å². The third-order valence-corrected chi connectivity index (χ3v) is 4.91. The predicted molar refractivity (Wildman–Crippen MR) is 88.7 cm³/mol. The largest absolute Gasteiger partial charge is 0.492 e. The predicted octanol–water partition coefficient (Wildman–Crippen LogP) is 2.17. The monoisotopic (exact) mass is 341 g/mol. The van der Waals surface area contributed by atoms with E-state index in [0.29, 0.717) is 18.6 Å². The van der Waals surface area contributed by atoms with Crippen molar-refractivity contribution in [1.82, 2.24) is 0 Å². The first-order valence-corrected chi connectivity index (χ1v) is 9.79. The van der Waals surface area contributed by atoms with Gasteiger partial charge < -0.3 is 15.2 Å². The molecule has 1 saturated carbocycles. The van der Waals surface area contributed by atoms with E-state index in [1.54, 1.807) is 6.07 Å². The van der Waals surface area contributed by atoms with Crippen LogP contribution in [0.3, 0.4) is 0 Å². The van der Waals surface area contributed by atoms with Gasteiger partial charge in [-0.25, -0.2) is 8.42 Å². The van der Waals surface area contributed by atoms with Crippen molar-refractivity contribution in [1.29, 1.82) is 0 Å². The standard InChI is InChI=1S/C16H23NO5S/c1-23(20,21)10-9-22-15-4-2-3-14(11-15)17-13-7-5-12(6-8-13)16(18)19/h2-4,11-13,17H,5-10H2,1H3,(H,18,19). The first-order chi connectivity index (χ1) is 10.8. The Hall–Kier alpha value is -1.76. The van der Waals surface area contributed by atoms with E-state index in [2.05, 4.69) is 5.32 Å². The molecule has 0 heterocycles. The number of carbonyl (C=O) groups is 1. The second kappa shape index (κ2) is 7.68. The van der Waals surface area contributed by atoms with Crippen molar-refractivity contribution in [3.05, 3.63) is 24.3 Å². The van der Waals surface area contributed by atoms with Gasteiger partial charge >= 0.3 is 5.97 Å². The van der Waals surface area contributed by atoms with Crippen molar-refractivity contribution in [2.24, 2.45) is 5.92 Å². The average molecular weight is 341 g/mol. The molecule has 0 atom stereocenters. The van der Waals surface area contributed by atoms with Crippen LogP contribution >= 0.6 is 0 Å². The van der Waals surface area contributed by atoms with E-state index in [-0.39, 0.29) is 24.3 Å². The molecule has 128 valence electrons. The number of ether oxygens (including phenoxy) is 1. The number of aliphatic carboxylic acids is 1. The van der Waals surface area contributed by atoms with Crippen molar-refractivity contribution in [3.8, 4) is 5.75 Å². The molecule has 0 aromatic heterocycles. The number of anilines is 1.